The number of hydrogen-bond donors (Lipinski definition) is 2. The van der Waals surface area contributed by atoms with Crippen LogP contribution < -0.4 is 11.1 Å². The number of anilines is 1. The van der Waals surface area contributed by atoms with Crippen molar-refractivity contribution in [2.45, 2.75) is 13.0 Å². The molecule has 1 atom stereocenters. The van der Waals surface area contributed by atoms with Gasteiger partial charge in [-0.15, -0.1) is 0 Å². The first-order valence-electron chi connectivity index (χ1n) is 4.71. The van der Waals surface area contributed by atoms with Crippen LogP contribution >= 0.6 is 0 Å². The minimum absolute atomic E-state index is 0.124. The molecule has 1 rings (SSSR count). The molecule has 4 heteroatoms. The van der Waals surface area contributed by atoms with Gasteiger partial charge in [-0.05, 0) is 12.6 Å². The second kappa shape index (κ2) is 5.57. The molecular weight excluding hydrogens is 178 g/mol. The maximum Gasteiger partial charge on any atom is 0.0659 e. The molecule has 78 valence electrons. The predicted molar refractivity (Wildman–Crippen MR) is 56.9 cm³/mol. The second-order valence-corrected chi connectivity index (χ2v) is 3.07. The van der Waals surface area contributed by atoms with Gasteiger partial charge in [-0.2, -0.15) is 0 Å². The van der Waals surface area contributed by atoms with Crippen LogP contribution in [0.25, 0.3) is 0 Å². The van der Waals surface area contributed by atoms with Gasteiger partial charge in [0.15, 0.2) is 0 Å². The Kier molecular flexibility index (Phi) is 4.35. The molecule has 4 nitrogen and oxygen atoms in total. The SMILES string of the molecule is CCNC(COC)c1cnccc1N. The number of pyridine rings is 1. The molecule has 0 fully saturated rings. The molecule has 0 aliphatic rings. The van der Waals surface area contributed by atoms with E-state index in [9.17, 15) is 0 Å². The fourth-order valence-electron chi connectivity index (χ4n) is 1.38. The maximum atomic E-state index is 5.85. The Morgan fingerprint density at radius 2 is 2.43 bits per heavy atom. The van der Waals surface area contributed by atoms with E-state index in [1.807, 2.05) is 0 Å². The lowest BCUT2D eigenvalue weighted by Gasteiger charge is -2.18. The summed E-state index contributed by atoms with van der Waals surface area (Å²) in [5, 5.41) is 3.30. The third kappa shape index (κ3) is 2.68. The summed E-state index contributed by atoms with van der Waals surface area (Å²) in [6.07, 6.45) is 3.47. The maximum absolute atomic E-state index is 5.85. The Morgan fingerprint density at radius 3 is 3.00 bits per heavy atom. The molecular formula is C10H17N3O. The van der Waals surface area contributed by atoms with E-state index in [2.05, 4.69) is 17.2 Å². The van der Waals surface area contributed by atoms with Crippen molar-refractivity contribution in [3.63, 3.8) is 0 Å². The van der Waals surface area contributed by atoms with Crippen LogP contribution in [-0.4, -0.2) is 25.2 Å². The van der Waals surface area contributed by atoms with Gasteiger partial charge in [0.1, 0.15) is 0 Å². The number of hydrogen-bond acceptors (Lipinski definition) is 4. The number of aromatic nitrogens is 1. The van der Waals surface area contributed by atoms with Gasteiger partial charge in [-0.3, -0.25) is 4.98 Å². The third-order valence-electron chi connectivity index (χ3n) is 2.05. The van der Waals surface area contributed by atoms with Crippen LogP contribution in [0.2, 0.25) is 0 Å². The quantitative estimate of drug-likeness (QED) is 0.734. The standard InChI is InChI=1S/C10H17N3O/c1-3-13-10(7-14-2)8-6-12-5-4-9(8)11/h4-6,10,13H,3,7H2,1-2H3,(H2,11,12). The van der Waals surface area contributed by atoms with Crippen molar-refractivity contribution in [3.05, 3.63) is 24.0 Å². The summed E-state index contributed by atoms with van der Waals surface area (Å²) < 4.78 is 5.12. The van der Waals surface area contributed by atoms with Gasteiger partial charge in [0.25, 0.3) is 0 Å². The number of ether oxygens (including phenoxy) is 1. The zero-order valence-electron chi connectivity index (χ0n) is 8.66. The summed E-state index contributed by atoms with van der Waals surface area (Å²) in [7, 11) is 1.68. The molecule has 0 saturated heterocycles. The monoisotopic (exact) mass is 195 g/mol. The molecule has 1 unspecified atom stereocenters. The number of rotatable bonds is 5. The number of nitrogens with zero attached hydrogens (tertiary/aromatic N) is 1. The molecule has 1 aromatic heterocycles. The highest BCUT2D eigenvalue weighted by Gasteiger charge is 2.12. The molecule has 1 heterocycles. The molecule has 0 radical (unpaired) electrons. The number of nitrogens with two attached hydrogens (primary N) is 1. The number of likely N-dealkylation sites (N-methyl/N-ethyl adjacent to an activating group) is 1. The first-order chi connectivity index (χ1) is 6.79. The van der Waals surface area contributed by atoms with Gasteiger partial charge in [0.05, 0.1) is 12.6 Å². The molecule has 1 aromatic rings. The fraction of sp³-hybridized carbons (Fsp3) is 0.500. The highest BCUT2D eigenvalue weighted by atomic mass is 16.5. The van der Waals surface area contributed by atoms with Gasteiger partial charge in [0, 0.05) is 30.8 Å². The Bertz CT molecular complexity index is 272. The van der Waals surface area contributed by atoms with Crippen molar-refractivity contribution in [3.8, 4) is 0 Å². The van der Waals surface area contributed by atoms with E-state index in [0.717, 1.165) is 17.8 Å². The van der Waals surface area contributed by atoms with Crippen LogP contribution in [0.5, 0.6) is 0 Å². The normalized spacial score (nSPS) is 12.7. The summed E-state index contributed by atoms with van der Waals surface area (Å²) in [5.41, 5.74) is 7.60. The summed E-state index contributed by atoms with van der Waals surface area (Å²) in [4.78, 5) is 4.06. The molecule has 0 aromatic carbocycles. The molecule has 3 N–H and O–H groups in total. The van der Waals surface area contributed by atoms with Crippen LogP contribution in [0, 0.1) is 0 Å². The average molecular weight is 195 g/mol. The van der Waals surface area contributed by atoms with Gasteiger partial charge >= 0.3 is 0 Å². The Hall–Kier alpha value is -1.13. The first-order valence-corrected chi connectivity index (χ1v) is 4.71. The van der Waals surface area contributed by atoms with Crippen molar-refractivity contribution in [1.29, 1.82) is 0 Å². The molecule has 14 heavy (non-hydrogen) atoms. The highest BCUT2D eigenvalue weighted by molar-refractivity contribution is 5.46. The lowest BCUT2D eigenvalue weighted by molar-refractivity contribution is 0.168. The van der Waals surface area contributed by atoms with Crippen LogP contribution in [0.3, 0.4) is 0 Å². The summed E-state index contributed by atoms with van der Waals surface area (Å²) in [6.45, 7) is 3.53. The lowest BCUT2D eigenvalue weighted by Crippen LogP contribution is -2.25. The van der Waals surface area contributed by atoms with Crippen LogP contribution in [0.4, 0.5) is 5.69 Å². The number of nitrogens with one attached hydrogen (secondary N) is 1. The van der Waals surface area contributed by atoms with Crippen molar-refractivity contribution in [2.75, 3.05) is 26.0 Å². The summed E-state index contributed by atoms with van der Waals surface area (Å²) >= 11 is 0. The van der Waals surface area contributed by atoms with E-state index in [0.29, 0.717) is 6.61 Å². The highest BCUT2D eigenvalue weighted by Crippen LogP contribution is 2.18. The smallest absolute Gasteiger partial charge is 0.0659 e. The number of nitrogen functional groups attached to an aromatic ring is 1. The predicted octanol–water partition coefficient (Wildman–Crippen LogP) is 0.961. The Morgan fingerprint density at radius 1 is 1.64 bits per heavy atom. The zero-order valence-corrected chi connectivity index (χ0v) is 8.66. The van der Waals surface area contributed by atoms with E-state index in [1.54, 1.807) is 25.6 Å². The summed E-state index contributed by atoms with van der Waals surface area (Å²) in [6, 6.07) is 1.92. The number of methoxy groups -OCH3 is 1. The van der Waals surface area contributed by atoms with Crippen molar-refractivity contribution in [2.24, 2.45) is 0 Å². The van der Waals surface area contributed by atoms with Gasteiger partial charge in [0.2, 0.25) is 0 Å². The molecule has 0 aliphatic carbocycles. The van der Waals surface area contributed by atoms with Crippen LogP contribution in [-0.2, 0) is 4.74 Å². The summed E-state index contributed by atoms with van der Waals surface area (Å²) in [5.74, 6) is 0. The molecule has 0 amide bonds. The topological polar surface area (TPSA) is 60.2 Å². The second-order valence-electron chi connectivity index (χ2n) is 3.07. The zero-order chi connectivity index (χ0) is 10.4. The van der Waals surface area contributed by atoms with E-state index < -0.39 is 0 Å². The molecule has 0 spiro atoms. The van der Waals surface area contributed by atoms with Crippen LogP contribution in [0.1, 0.15) is 18.5 Å². The largest absolute Gasteiger partial charge is 0.398 e. The van der Waals surface area contributed by atoms with E-state index in [-0.39, 0.29) is 6.04 Å². The van der Waals surface area contributed by atoms with Gasteiger partial charge in [-0.25, -0.2) is 0 Å². The van der Waals surface area contributed by atoms with Gasteiger partial charge in [-0.1, -0.05) is 6.92 Å². The van der Waals surface area contributed by atoms with E-state index in [1.165, 1.54) is 0 Å². The van der Waals surface area contributed by atoms with Crippen molar-refractivity contribution in [1.82, 2.24) is 10.3 Å². The molecule has 0 bridgehead atoms. The van der Waals surface area contributed by atoms with Gasteiger partial charge < -0.3 is 15.8 Å². The Balaban J connectivity index is 2.81. The van der Waals surface area contributed by atoms with E-state index in [4.69, 9.17) is 10.5 Å². The molecule has 0 saturated carbocycles. The van der Waals surface area contributed by atoms with Crippen LogP contribution in [0.15, 0.2) is 18.5 Å². The minimum Gasteiger partial charge on any atom is -0.398 e. The first kappa shape index (κ1) is 10.9. The fourth-order valence-corrected chi connectivity index (χ4v) is 1.38. The van der Waals surface area contributed by atoms with Crippen molar-refractivity contribution < 1.29 is 4.74 Å². The van der Waals surface area contributed by atoms with E-state index >= 15 is 0 Å². The third-order valence-corrected chi connectivity index (χ3v) is 2.05. The van der Waals surface area contributed by atoms with Crippen molar-refractivity contribution >= 4 is 5.69 Å². The molecule has 0 aliphatic heterocycles. The average Bonchev–Trinajstić information content (AvgIpc) is 2.18. The Labute approximate surface area is 84.5 Å². The minimum atomic E-state index is 0.124. The lowest BCUT2D eigenvalue weighted by atomic mass is 10.1.